The molecular weight excluding hydrogens is 264 g/mol. The number of aromatic nitrogens is 1. The number of methoxy groups -OCH3 is 1. The van der Waals surface area contributed by atoms with Crippen molar-refractivity contribution >= 4 is 10.9 Å². The third kappa shape index (κ3) is 2.00. The molecule has 0 aliphatic heterocycles. The Morgan fingerprint density at radius 3 is 2.43 bits per heavy atom. The molecule has 0 N–H and O–H groups in total. The first kappa shape index (κ1) is 13.1. The molecule has 0 fully saturated rings. The number of hydrogen-bond acceptors (Lipinski definition) is 3. The van der Waals surface area contributed by atoms with Gasteiger partial charge in [-0.25, -0.2) is 0 Å². The molecule has 0 bridgehead atoms. The van der Waals surface area contributed by atoms with E-state index >= 15 is 0 Å². The third-order valence-corrected chi connectivity index (χ3v) is 3.47. The molecule has 0 aliphatic rings. The Morgan fingerprint density at radius 2 is 1.81 bits per heavy atom. The average molecular weight is 278 g/mol. The number of nitriles is 1. The SMILES string of the molecule is COc1ccc2c(C#N)c(-c3ccccc3)n(OC)c2c1. The van der Waals surface area contributed by atoms with Crippen LogP contribution in [0, 0.1) is 11.3 Å². The summed E-state index contributed by atoms with van der Waals surface area (Å²) in [6, 6.07) is 17.6. The fourth-order valence-electron chi connectivity index (χ4n) is 2.53. The lowest BCUT2D eigenvalue weighted by atomic mass is 10.1. The van der Waals surface area contributed by atoms with Gasteiger partial charge in [0, 0.05) is 17.0 Å². The van der Waals surface area contributed by atoms with Gasteiger partial charge in [0.25, 0.3) is 0 Å². The molecule has 4 heteroatoms. The predicted molar refractivity (Wildman–Crippen MR) is 81.1 cm³/mol. The number of hydrogen-bond donors (Lipinski definition) is 0. The molecular formula is C17H14N2O2. The minimum Gasteiger partial charge on any atom is -0.497 e. The molecule has 4 nitrogen and oxygen atoms in total. The summed E-state index contributed by atoms with van der Waals surface area (Å²) in [7, 11) is 3.21. The smallest absolute Gasteiger partial charge is 0.121 e. The molecule has 0 spiro atoms. The van der Waals surface area contributed by atoms with Crippen LogP contribution in [0.3, 0.4) is 0 Å². The topological polar surface area (TPSA) is 47.2 Å². The van der Waals surface area contributed by atoms with Gasteiger partial charge < -0.3 is 9.57 Å². The highest BCUT2D eigenvalue weighted by molar-refractivity contribution is 5.94. The molecule has 0 saturated heterocycles. The van der Waals surface area contributed by atoms with E-state index in [2.05, 4.69) is 6.07 Å². The third-order valence-electron chi connectivity index (χ3n) is 3.47. The van der Waals surface area contributed by atoms with Crippen LogP contribution in [0.2, 0.25) is 0 Å². The minimum atomic E-state index is 0.598. The normalized spacial score (nSPS) is 10.3. The monoisotopic (exact) mass is 278 g/mol. The molecule has 104 valence electrons. The maximum Gasteiger partial charge on any atom is 0.121 e. The van der Waals surface area contributed by atoms with Crippen LogP contribution >= 0.6 is 0 Å². The second-order valence-electron chi connectivity index (χ2n) is 4.56. The summed E-state index contributed by atoms with van der Waals surface area (Å²) in [5.74, 6) is 0.724. The molecule has 0 unspecified atom stereocenters. The van der Waals surface area contributed by atoms with Crippen LogP contribution in [0.4, 0.5) is 0 Å². The van der Waals surface area contributed by atoms with E-state index in [1.165, 1.54) is 0 Å². The largest absolute Gasteiger partial charge is 0.497 e. The van der Waals surface area contributed by atoms with Crippen molar-refractivity contribution in [3.8, 4) is 23.1 Å². The van der Waals surface area contributed by atoms with Gasteiger partial charge in [0.05, 0.1) is 18.2 Å². The van der Waals surface area contributed by atoms with Crippen molar-refractivity contribution in [1.82, 2.24) is 4.73 Å². The van der Waals surface area contributed by atoms with Crippen molar-refractivity contribution in [3.63, 3.8) is 0 Å². The van der Waals surface area contributed by atoms with Gasteiger partial charge in [0.2, 0.25) is 0 Å². The summed E-state index contributed by atoms with van der Waals surface area (Å²) in [6.07, 6.45) is 0. The summed E-state index contributed by atoms with van der Waals surface area (Å²) >= 11 is 0. The zero-order valence-electron chi connectivity index (χ0n) is 11.8. The molecule has 1 aromatic heterocycles. The van der Waals surface area contributed by atoms with Crippen LogP contribution in [0.15, 0.2) is 48.5 Å². The van der Waals surface area contributed by atoms with E-state index in [-0.39, 0.29) is 0 Å². The lowest BCUT2D eigenvalue weighted by molar-refractivity contribution is 0.183. The van der Waals surface area contributed by atoms with Gasteiger partial charge in [-0.05, 0) is 12.1 Å². The lowest BCUT2D eigenvalue weighted by Gasteiger charge is -2.09. The lowest BCUT2D eigenvalue weighted by Crippen LogP contribution is -2.07. The quantitative estimate of drug-likeness (QED) is 0.739. The molecule has 21 heavy (non-hydrogen) atoms. The summed E-state index contributed by atoms with van der Waals surface area (Å²) in [5.41, 5.74) is 3.10. The van der Waals surface area contributed by atoms with E-state index in [4.69, 9.17) is 9.57 Å². The zero-order chi connectivity index (χ0) is 14.8. The molecule has 2 aromatic carbocycles. The highest BCUT2D eigenvalue weighted by Gasteiger charge is 2.19. The van der Waals surface area contributed by atoms with Crippen LogP contribution in [-0.4, -0.2) is 19.0 Å². The fourth-order valence-corrected chi connectivity index (χ4v) is 2.53. The van der Waals surface area contributed by atoms with E-state index in [9.17, 15) is 5.26 Å². The second kappa shape index (κ2) is 5.22. The number of rotatable bonds is 3. The van der Waals surface area contributed by atoms with Crippen molar-refractivity contribution in [2.75, 3.05) is 14.2 Å². The summed E-state index contributed by atoms with van der Waals surface area (Å²) < 4.78 is 6.93. The molecule has 0 atom stereocenters. The molecule has 1 heterocycles. The number of nitrogens with zero attached hydrogens (tertiary/aromatic N) is 2. The molecule has 0 radical (unpaired) electrons. The molecule has 0 amide bonds. The fraction of sp³-hybridized carbons (Fsp3) is 0.118. The highest BCUT2D eigenvalue weighted by Crippen LogP contribution is 2.34. The van der Waals surface area contributed by atoms with Crippen molar-refractivity contribution in [2.45, 2.75) is 0 Å². The molecule has 3 aromatic rings. The minimum absolute atomic E-state index is 0.598. The van der Waals surface area contributed by atoms with Gasteiger partial charge >= 0.3 is 0 Å². The number of ether oxygens (including phenoxy) is 1. The predicted octanol–water partition coefficient (Wildman–Crippen LogP) is 3.25. The van der Waals surface area contributed by atoms with E-state index in [0.29, 0.717) is 5.56 Å². The van der Waals surface area contributed by atoms with Gasteiger partial charge in [-0.3, -0.25) is 0 Å². The standard InChI is InChI=1S/C17H14N2O2/c1-20-13-8-9-14-15(11-18)17(12-6-4-3-5-7-12)19(21-2)16(14)10-13/h3-10H,1-2H3. The van der Waals surface area contributed by atoms with Crippen LogP contribution in [0.1, 0.15) is 5.56 Å². The van der Waals surface area contributed by atoms with E-state index in [1.807, 2.05) is 48.5 Å². The van der Waals surface area contributed by atoms with Gasteiger partial charge in [-0.2, -0.15) is 9.99 Å². The van der Waals surface area contributed by atoms with Crippen molar-refractivity contribution in [2.24, 2.45) is 0 Å². The van der Waals surface area contributed by atoms with Gasteiger partial charge in [-0.1, -0.05) is 30.3 Å². The maximum absolute atomic E-state index is 9.56. The molecule has 0 saturated carbocycles. The van der Waals surface area contributed by atoms with Crippen LogP contribution < -0.4 is 9.57 Å². The zero-order valence-corrected chi connectivity index (χ0v) is 11.8. The van der Waals surface area contributed by atoms with E-state index in [1.54, 1.807) is 19.0 Å². The number of benzene rings is 2. The van der Waals surface area contributed by atoms with Gasteiger partial charge in [-0.15, -0.1) is 0 Å². The Morgan fingerprint density at radius 1 is 1.05 bits per heavy atom. The van der Waals surface area contributed by atoms with E-state index in [0.717, 1.165) is 27.9 Å². The molecule has 0 aliphatic carbocycles. The number of fused-ring (bicyclic) bond motifs is 1. The highest BCUT2D eigenvalue weighted by atomic mass is 16.6. The van der Waals surface area contributed by atoms with Gasteiger partial charge in [0.15, 0.2) is 0 Å². The van der Waals surface area contributed by atoms with E-state index < -0.39 is 0 Å². The Kier molecular flexibility index (Phi) is 3.25. The molecule has 3 rings (SSSR count). The first-order valence-corrected chi connectivity index (χ1v) is 6.52. The first-order valence-electron chi connectivity index (χ1n) is 6.52. The van der Waals surface area contributed by atoms with Crippen molar-refractivity contribution < 1.29 is 9.57 Å². The summed E-state index contributed by atoms with van der Waals surface area (Å²) in [4.78, 5) is 5.51. The summed E-state index contributed by atoms with van der Waals surface area (Å²) in [6.45, 7) is 0. The maximum atomic E-state index is 9.56. The van der Waals surface area contributed by atoms with Crippen molar-refractivity contribution in [3.05, 3.63) is 54.1 Å². The van der Waals surface area contributed by atoms with Gasteiger partial charge in [0.1, 0.15) is 24.6 Å². The second-order valence-corrected chi connectivity index (χ2v) is 4.56. The average Bonchev–Trinajstić information content (AvgIpc) is 2.88. The van der Waals surface area contributed by atoms with Crippen LogP contribution in [-0.2, 0) is 0 Å². The Labute approximate surface area is 122 Å². The Balaban J connectivity index is 2.41. The summed E-state index contributed by atoms with van der Waals surface area (Å²) in [5, 5.41) is 10.4. The Hall–Kier alpha value is -2.93. The first-order chi connectivity index (χ1) is 10.3. The van der Waals surface area contributed by atoms with Crippen LogP contribution in [0.5, 0.6) is 5.75 Å². The van der Waals surface area contributed by atoms with Crippen LogP contribution in [0.25, 0.3) is 22.2 Å². The Bertz CT molecular complexity index is 829. The van der Waals surface area contributed by atoms with Crippen molar-refractivity contribution in [1.29, 1.82) is 5.26 Å².